The first kappa shape index (κ1) is 18.4. The zero-order valence-electron chi connectivity index (χ0n) is 13.5. The summed E-state index contributed by atoms with van der Waals surface area (Å²) in [6, 6.07) is 14.1. The second-order valence-corrected chi connectivity index (χ2v) is 6.26. The van der Waals surface area contributed by atoms with Crippen LogP contribution in [0.4, 0.5) is 18.9 Å². The van der Waals surface area contributed by atoms with Gasteiger partial charge in [-0.15, -0.1) is 0 Å². The molecule has 1 amide bonds. The largest absolute Gasteiger partial charge is 0.416 e. The highest BCUT2D eigenvalue weighted by atomic mass is 79.9. The Labute approximate surface area is 156 Å². The fraction of sp³-hybridized carbons (Fsp3) is 0.158. The first-order valence-electron chi connectivity index (χ1n) is 7.76. The van der Waals surface area contributed by atoms with Gasteiger partial charge in [-0.25, -0.2) is 0 Å². The van der Waals surface area contributed by atoms with Gasteiger partial charge in [0.25, 0.3) is 0 Å². The molecule has 0 spiro atoms. The van der Waals surface area contributed by atoms with E-state index in [-0.39, 0.29) is 17.8 Å². The van der Waals surface area contributed by atoms with Crippen molar-refractivity contribution < 1.29 is 18.0 Å². The topological polar surface area (TPSA) is 33.2 Å². The number of amides is 1. The summed E-state index contributed by atoms with van der Waals surface area (Å²) in [5, 5.41) is 0.977. The van der Waals surface area contributed by atoms with Crippen molar-refractivity contribution in [3.8, 4) is 0 Å². The van der Waals surface area contributed by atoms with E-state index < -0.39 is 11.7 Å². The van der Waals surface area contributed by atoms with E-state index in [4.69, 9.17) is 0 Å². The molecule has 0 aliphatic heterocycles. The maximum Gasteiger partial charge on any atom is 0.416 e. The molecule has 0 N–H and O–H groups in total. The minimum Gasteiger partial charge on any atom is -0.306 e. The van der Waals surface area contributed by atoms with Crippen LogP contribution in [-0.2, 0) is 17.5 Å². The molecule has 3 rings (SSSR count). The van der Waals surface area contributed by atoms with Crippen LogP contribution >= 0.6 is 15.9 Å². The molecule has 0 fully saturated rings. The molecule has 3 aromatic rings. The molecule has 7 heteroatoms. The number of rotatable bonds is 4. The Morgan fingerprint density at radius 1 is 1.08 bits per heavy atom. The van der Waals surface area contributed by atoms with Gasteiger partial charge in [-0.1, -0.05) is 46.3 Å². The number of nitrogens with zero attached hydrogens (tertiary/aromatic N) is 2. The summed E-state index contributed by atoms with van der Waals surface area (Å²) in [6.45, 7) is 0.155. The molecular weight excluding hydrogens is 409 g/mol. The van der Waals surface area contributed by atoms with Crippen molar-refractivity contribution in [2.75, 3.05) is 10.2 Å². The summed E-state index contributed by atoms with van der Waals surface area (Å²) < 4.78 is 38.1. The minimum absolute atomic E-state index is 0.0977. The number of para-hydroxylation sites is 1. The number of alkyl halides is 4. The van der Waals surface area contributed by atoms with Crippen LogP contribution in [0, 0.1) is 0 Å². The van der Waals surface area contributed by atoms with E-state index in [1.807, 2.05) is 30.3 Å². The average Bonchev–Trinajstić information content (AvgIpc) is 2.65. The Morgan fingerprint density at radius 2 is 1.77 bits per heavy atom. The predicted molar refractivity (Wildman–Crippen MR) is 98.2 cm³/mol. The second-order valence-electron chi connectivity index (χ2n) is 5.69. The van der Waals surface area contributed by atoms with Gasteiger partial charge in [0.05, 0.1) is 34.8 Å². The first-order chi connectivity index (χ1) is 12.4. The van der Waals surface area contributed by atoms with Gasteiger partial charge in [0.2, 0.25) is 5.91 Å². The molecule has 0 saturated carbocycles. The fourth-order valence-corrected chi connectivity index (χ4v) is 2.89. The quantitative estimate of drug-likeness (QED) is 0.542. The molecule has 1 heterocycles. The molecule has 1 aromatic heterocycles. The zero-order valence-corrected chi connectivity index (χ0v) is 15.1. The van der Waals surface area contributed by atoms with Crippen LogP contribution in [0.2, 0.25) is 0 Å². The van der Waals surface area contributed by atoms with E-state index in [1.54, 1.807) is 6.20 Å². The van der Waals surface area contributed by atoms with Gasteiger partial charge in [0.15, 0.2) is 0 Å². The lowest BCUT2D eigenvalue weighted by molar-refractivity contribution is -0.137. The van der Waals surface area contributed by atoms with Crippen LogP contribution < -0.4 is 4.90 Å². The number of hydrogen-bond acceptors (Lipinski definition) is 2. The van der Waals surface area contributed by atoms with Gasteiger partial charge in [-0.05, 0) is 29.8 Å². The zero-order chi connectivity index (χ0) is 18.7. The molecule has 26 heavy (non-hydrogen) atoms. The van der Waals surface area contributed by atoms with Crippen molar-refractivity contribution >= 4 is 38.4 Å². The highest BCUT2D eigenvalue weighted by Gasteiger charge is 2.30. The molecule has 0 saturated heterocycles. The lowest BCUT2D eigenvalue weighted by Gasteiger charge is -2.22. The first-order valence-corrected chi connectivity index (χ1v) is 8.88. The van der Waals surface area contributed by atoms with E-state index in [0.29, 0.717) is 11.3 Å². The number of carbonyl (C=O) groups excluding carboxylic acids is 1. The van der Waals surface area contributed by atoms with Crippen molar-refractivity contribution in [3.05, 3.63) is 71.9 Å². The lowest BCUT2D eigenvalue weighted by Crippen LogP contribution is -2.31. The number of carbonyl (C=O) groups is 1. The van der Waals surface area contributed by atoms with Gasteiger partial charge in [0, 0.05) is 5.39 Å². The summed E-state index contributed by atoms with van der Waals surface area (Å²) in [5.41, 5.74) is 1.28. The molecule has 0 radical (unpaired) electrons. The van der Waals surface area contributed by atoms with Crippen molar-refractivity contribution in [1.82, 2.24) is 4.98 Å². The van der Waals surface area contributed by atoms with Crippen LogP contribution in [0.1, 0.15) is 11.1 Å². The summed E-state index contributed by atoms with van der Waals surface area (Å²) in [4.78, 5) is 18.2. The van der Waals surface area contributed by atoms with Crippen molar-refractivity contribution in [3.63, 3.8) is 0 Å². The van der Waals surface area contributed by atoms with Crippen LogP contribution in [0.5, 0.6) is 0 Å². The fourth-order valence-electron chi connectivity index (χ4n) is 2.58. The normalized spacial score (nSPS) is 11.5. The Balaban J connectivity index is 1.91. The highest BCUT2D eigenvalue weighted by molar-refractivity contribution is 9.09. The second kappa shape index (κ2) is 7.45. The molecule has 134 valence electrons. The monoisotopic (exact) mass is 422 g/mol. The lowest BCUT2D eigenvalue weighted by atomic mass is 10.1. The Morgan fingerprint density at radius 3 is 2.42 bits per heavy atom. The van der Waals surface area contributed by atoms with E-state index in [1.165, 1.54) is 17.0 Å². The van der Waals surface area contributed by atoms with Crippen molar-refractivity contribution in [2.24, 2.45) is 0 Å². The summed E-state index contributed by atoms with van der Waals surface area (Å²) in [6.07, 6.45) is -2.79. The number of anilines is 1. The number of aromatic nitrogens is 1. The molecule has 0 bridgehead atoms. The molecule has 3 nitrogen and oxygen atoms in total. The van der Waals surface area contributed by atoms with Crippen LogP contribution in [0.3, 0.4) is 0 Å². The van der Waals surface area contributed by atoms with Gasteiger partial charge >= 0.3 is 6.18 Å². The van der Waals surface area contributed by atoms with E-state index >= 15 is 0 Å². The average molecular weight is 423 g/mol. The summed E-state index contributed by atoms with van der Waals surface area (Å²) in [7, 11) is 0. The Bertz CT molecular complexity index is 926. The van der Waals surface area contributed by atoms with E-state index in [0.717, 1.165) is 23.0 Å². The maximum absolute atomic E-state index is 12.7. The smallest absolute Gasteiger partial charge is 0.306 e. The standard InChI is InChI=1S/C19H14BrF3N2O/c20-10-18(26)25(12-13-5-7-15(8-6-13)19(21,22)23)16-9-14-3-1-2-4-17(14)24-11-16/h1-9,11H,10,12H2. The van der Waals surface area contributed by atoms with E-state index in [2.05, 4.69) is 20.9 Å². The number of pyridine rings is 1. The van der Waals surface area contributed by atoms with Crippen molar-refractivity contribution in [2.45, 2.75) is 12.7 Å². The van der Waals surface area contributed by atoms with Crippen LogP contribution in [0.25, 0.3) is 10.9 Å². The SMILES string of the molecule is O=C(CBr)N(Cc1ccc(C(F)(F)F)cc1)c1cnc2ccccc2c1. The molecule has 0 atom stereocenters. The van der Waals surface area contributed by atoms with Gasteiger partial charge in [-0.3, -0.25) is 9.78 Å². The number of hydrogen-bond donors (Lipinski definition) is 0. The number of fused-ring (bicyclic) bond motifs is 1. The predicted octanol–water partition coefficient (Wildman–Crippen LogP) is 5.18. The third-order valence-electron chi connectivity index (χ3n) is 3.93. The summed E-state index contributed by atoms with van der Waals surface area (Å²) in [5.74, 6) is -0.207. The maximum atomic E-state index is 12.7. The molecule has 2 aromatic carbocycles. The molecule has 0 aliphatic rings. The Hall–Kier alpha value is -2.41. The highest BCUT2D eigenvalue weighted by Crippen LogP contribution is 2.29. The third-order valence-corrected chi connectivity index (χ3v) is 4.40. The van der Waals surface area contributed by atoms with Crippen LogP contribution in [0.15, 0.2) is 60.8 Å². The number of benzene rings is 2. The van der Waals surface area contributed by atoms with E-state index in [9.17, 15) is 18.0 Å². The number of halogens is 4. The van der Waals surface area contributed by atoms with Crippen molar-refractivity contribution in [1.29, 1.82) is 0 Å². The van der Waals surface area contributed by atoms with Gasteiger partial charge in [-0.2, -0.15) is 13.2 Å². The molecular formula is C19H14BrF3N2O. The van der Waals surface area contributed by atoms with Crippen LogP contribution in [-0.4, -0.2) is 16.2 Å². The molecule has 0 aliphatic carbocycles. The third kappa shape index (κ3) is 4.04. The van der Waals surface area contributed by atoms with Gasteiger partial charge in [0.1, 0.15) is 0 Å². The van der Waals surface area contributed by atoms with Gasteiger partial charge < -0.3 is 4.90 Å². The Kier molecular flexibility index (Phi) is 5.27. The molecule has 0 unspecified atom stereocenters. The minimum atomic E-state index is -4.38. The summed E-state index contributed by atoms with van der Waals surface area (Å²) >= 11 is 3.15.